The second-order valence-electron chi connectivity index (χ2n) is 4.83. The molecule has 0 amide bonds. The molecular formula is C17H16O3. The van der Waals surface area contributed by atoms with Crippen LogP contribution in [0.1, 0.15) is 29.1 Å². The molecule has 0 saturated carbocycles. The van der Waals surface area contributed by atoms with Crippen LogP contribution < -0.4 is 0 Å². The Morgan fingerprint density at radius 2 is 1.70 bits per heavy atom. The van der Waals surface area contributed by atoms with Crippen molar-refractivity contribution < 1.29 is 14.3 Å². The SMILES string of the molecule is CC(=O)c1cccc(-c2ccc(C3OCCO3)cc2)c1. The van der Waals surface area contributed by atoms with Gasteiger partial charge in [0, 0.05) is 11.1 Å². The maximum absolute atomic E-state index is 11.4. The molecule has 3 rings (SSSR count). The van der Waals surface area contributed by atoms with Crippen molar-refractivity contribution in [1.82, 2.24) is 0 Å². The van der Waals surface area contributed by atoms with E-state index in [2.05, 4.69) is 0 Å². The number of Topliss-reactive ketones (excluding diaryl/α,β-unsaturated/α-hetero) is 1. The first kappa shape index (κ1) is 13.0. The Morgan fingerprint density at radius 3 is 2.35 bits per heavy atom. The van der Waals surface area contributed by atoms with Crippen LogP contribution in [0.4, 0.5) is 0 Å². The van der Waals surface area contributed by atoms with Crippen LogP contribution in [0.25, 0.3) is 11.1 Å². The second kappa shape index (κ2) is 5.57. The van der Waals surface area contributed by atoms with Gasteiger partial charge in [-0.15, -0.1) is 0 Å². The van der Waals surface area contributed by atoms with Gasteiger partial charge < -0.3 is 9.47 Å². The molecule has 1 aliphatic heterocycles. The zero-order chi connectivity index (χ0) is 13.9. The van der Waals surface area contributed by atoms with Gasteiger partial charge in [-0.2, -0.15) is 0 Å². The van der Waals surface area contributed by atoms with Crippen LogP contribution in [0.3, 0.4) is 0 Å². The van der Waals surface area contributed by atoms with Gasteiger partial charge in [0.25, 0.3) is 0 Å². The average molecular weight is 268 g/mol. The Bertz CT molecular complexity index is 610. The second-order valence-corrected chi connectivity index (χ2v) is 4.83. The average Bonchev–Trinajstić information content (AvgIpc) is 3.02. The largest absolute Gasteiger partial charge is 0.346 e. The van der Waals surface area contributed by atoms with Crippen LogP contribution in [-0.4, -0.2) is 19.0 Å². The highest BCUT2D eigenvalue weighted by molar-refractivity contribution is 5.95. The molecule has 0 bridgehead atoms. The summed E-state index contributed by atoms with van der Waals surface area (Å²) in [6.45, 7) is 2.87. The van der Waals surface area contributed by atoms with Gasteiger partial charge in [0.2, 0.25) is 0 Å². The third-order valence-corrected chi connectivity index (χ3v) is 3.41. The smallest absolute Gasteiger partial charge is 0.184 e. The minimum absolute atomic E-state index is 0.0798. The lowest BCUT2D eigenvalue weighted by Crippen LogP contribution is -1.97. The highest BCUT2D eigenvalue weighted by atomic mass is 16.7. The fourth-order valence-electron chi connectivity index (χ4n) is 2.30. The van der Waals surface area contributed by atoms with Crippen molar-refractivity contribution in [1.29, 1.82) is 0 Å². The molecule has 0 atom stereocenters. The fraction of sp³-hybridized carbons (Fsp3) is 0.235. The van der Waals surface area contributed by atoms with Gasteiger partial charge in [0.1, 0.15) is 0 Å². The standard InChI is InChI=1S/C17H16O3/c1-12(18)15-3-2-4-16(11-15)13-5-7-14(8-6-13)17-19-9-10-20-17/h2-8,11,17H,9-10H2,1H3. The van der Waals surface area contributed by atoms with Crippen LogP contribution in [0.2, 0.25) is 0 Å². The van der Waals surface area contributed by atoms with E-state index < -0.39 is 0 Å². The number of hydrogen-bond donors (Lipinski definition) is 0. The molecule has 3 heteroatoms. The van der Waals surface area contributed by atoms with E-state index in [1.807, 2.05) is 48.5 Å². The van der Waals surface area contributed by atoms with E-state index in [0.29, 0.717) is 13.2 Å². The Morgan fingerprint density at radius 1 is 1.00 bits per heavy atom. The molecule has 1 saturated heterocycles. The lowest BCUT2D eigenvalue weighted by Gasteiger charge is -2.10. The summed E-state index contributed by atoms with van der Waals surface area (Å²) in [6.07, 6.45) is -0.243. The quantitative estimate of drug-likeness (QED) is 0.798. The normalized spacial score (nSPS) is 15.4. The molecule has 0 aliphatic carbocycles. The van der Waals surface area contributed by atoms with E-state index in [4.69, 9.17) is 9.47 Å². The topological polar surface area (TPSA) is 35.5 Å². The van der Waals surface area contributed by atoms with Crippen molar-refractivity contribution in [2.75, 3.05) is 13.2 Å². The summed E-state index contributed by atoms with van der Waals surface area (Å²) in [5, 5.41) is 0. The monoisotopic (exact) mass is 268 g/mol. The first-order valence-electron chi connectivity index (χ1n) is 6.68. The highest BCUT2D eigenvalue weighted by Crippen LogP contribution is 2.27. The third kappa shape index (κ3) is 2.64. The Hall–Kier alpha value is -1.97. The van der Waals surface area contributed by atoms with Crippen LogP contribution >= 0.6 is 0 Å². The summed E-state index contributed by atoms with van der Waals surface area (Å²) in [6, 6.07) is 15.7. The first-order valence-corrected chi connectivity index (χ1v) is 6.68. The Labute approximate surface area is 118 Å². The van der Waals surface area contributed by atoms with Crippen molar-refractivity contribution in [3.8, 4) is 11.1 Å². The number of hydrogen-bond acceptors (Lipinski definition) is 3. The number of rotatable bonds is 3. The maximum Gasteiger partial charge on any atom is 0.184 e. The van der Waals surface area contributed by atoms with Gasteiger partial charge in [0.15, 0.2) is 12.1 Å². The molecule has 2 aromatic carbocycles. The molecule has 2 aromatic rings. The maximum atomic E-state index is 11.4. The number of benzene rings is 2. The van der Waals surface area contributed by atoms with Crippen LogP contribution in [0, 0.1) is 0 Å². The molecule has 0 aromatic heterocycles. The van der Waals surface area contributed by atoms with Gasteiger partial charge in [0.05, 0.1) is 13.2 Å². The molecular weight excluding hydrogens is 252 g/mol. The Balaban J connectivity index is 1.87. The summed E-state index contributed by atoms with van der Waals surface area (Å²) >= 11 is 0. The fourth-order valence-corrected chi connectivity index (χ4v) is 2.30. The zero-order valence-electron chi connectivity index (χ0n) is 11.3. The minimum Gasteiger partial charge on any atom is -0.346 e. The third-order valence-electron chi connectivity index (χ3n) is 3.41. The molecule has 1 fully saturated rings. The molecule has 0 radical (unpaired) electrons. The summed E-state index contributed by atoms with van der Waals surface area (Å²) in [5.74, 6) is 0.0798. The summed E-state index contributed by atoms with van der Waals surface area (Å²) in [4.78, 5) is 11.4. The predicted octanol–water partition coefficient (Wildman–Crippen LogP) is 3.60. The molecule has 102 valence electrons. The van der Waals surface area contributed by atoms with E-state index in [9.17, 15) is 4.79 Å². The van der Waals surface area contributed by atoms with Gasteiger partial charge >= 0.3 is 0 Å². The van der Waals surface area contributed by atoms with Crippen molar-refractivity contribution in [2.24, 2.45) is 0 Å². The Kier molecular flexibility index (Phi) is 3.63. The molecule has 0 unspecified atom stereocenters. The van der Waals surface area contributed by atoms with E-state index in [-0.39, 0.29) is 12.1 Å². The van der Waals surface area contributed by atoms with Crippen LogP contribution in [0.5, 0.6) is 0 Å². The number of carbonyl (C=O) groups excluding carboxylic acids is 1. The minimum atomic E-state index is -0.243. The van der Waals surface area contributed by atoms with E-state index in [1.54, 1.807) is 6.92 Å². The molecule has 0 spiro atoms. The predicted molar refractivity (Wildman–Crippen MR) is 76.5 cm³/mol. The van der Waals surface area contributed by atoms with Crippen molar-refractivity contribution >= 4 is 5.78 Å². The van der Waals surface area contributed by atoms with Gasteiger partial charge in [-0.05, 0) is 24.1 Å². The number of carbonyl (C=O) groups is 1. The van der Waals surface area contributed by atoms with Crippen molar-refractivity contribution in [3.63, 3.8) is 0 Å². The number of ketones is 1. The van der Waals surface area contributed by atoms with Crippen LogP contribution in [-0.2, 0) is 9.47 Å². The summed E-state index contributed by atoms with van der Waals surface area (Å²) in [5.41, 5.74) is 3.87. The molecule has 1 heterocycles. The highest BCUT2D eigenvalue weighted by Gasteiger charge is 2.17. The lowest BCUT2D eigenvalue weighted by atomic mass is 10.0. The zero-order valence-corrected chi connectivity index (χ0v) is 11.3. The molecule has 3 nitrogen and oxygen atoms in total. The summed E-state index contributed by atoms with van der Waals surface area (Å²) in [7, 11) is 0. The molecule has 1 aliphatic rings. The van der Waals surface area contributed by atoms with Crippen LogP contribution in [0.15, 0.2) is 48.5 Å². The first-order chi connectivity index (χ1) is 9.74. The number of ether oxygens (including phenoxy) is 2. The lowest BCUT2D eigenvalue weighted by molar-refractivity contribution is -0.0441. The van der Waals surface area contributed by atoms with E-state index >= 15 is 0 Å². The van der Waals surface area contributed by atoms with E-state index in [1.165, 1.54) is 0 Å². The summed E-state index contributed by atoms with van der Waals surface area (Å²) < 4.78 is 10.9. The molecule has 0 N–H and O–H groups in total. The van der Waals surface area contributed by atoms with Gasteiger partial charge in [-0.3, -0.25) is 4.79 Å². The van der Waals surface area contributed by atoms with Gasteiger partial charge in [-0.1, -0.05) is 42.5 Å². The van der Waals surface area contributed by atoms with Gasteiger partial charge in [-0.25, -0.2) is 0 Å². The van der Waals surface area contributed by atoms with Crippen molar-refractivity contribution in [2.45, 2.75) is 13.2 Å². The van der Waals surface area contributed by atoms with E-state index in [0.717, 1.165) is 22.3 Å². The van der Waals surface area contributed by atoms with Crippen molar-refractivity contribution in [3.05, 3.63) is 59.7 Å². The molecule has 20 heavy (non-hydrogen) atoms.